The lowest BCUT2D eigenvalue weighted by Crippen LogP contribution is -2.22. The molecule has 2 aromatic rings. The van der Waals surface area contributed by atoms with Crippen LogP contribution in [0.1, 0.15) is 25.0 Å². The van der Waals surface area contributed by atoms with E-state index in [2.05, 4.69) is 54.4 Å². The van der Waals surface area contributed by atoms with Gasteiger partial charge in [-0.2, -0.15) is 5.10 Å². The van der Waals surface area contributed by atoms with Gasteiger partial charge in [0.05, 0.1) is 5.69 Å². The van der Waals surface area contributed by atoms with Crippen molar-refractivity contribution in [2.45, 2.75) is 33.4 Å². The Kier molecular flexibility index (Phi) is 3.54. The van der Waals surface area contributed by atoms with Crippen molar-refractivity contribution in [2.24, 2.45) is 0 Å². The highest BCUT2D eigenvalue weighted by Gasteiger charge is 2.06. The number of hydrogen-bond donors (Lipinski definition) is 1. The average Bonchev–Trinajstić information content (AvgIpc) is 2.80. The molecule has 0 saturated carbocycles. The fraction of sp³-hybridized carbons (Fsp3) is 0.385. The Balaban J connectivity index is 2.31. The first-order valence-electron chi connectivity index (χ1n) is 5.84. The molecule has 0 fully saturated rings. The summed E-state index contributed by atoms with van der Waals surface area (Å²) in [7, 11) is 0. The van der Waals surface area contributed by atoms with Gasteiger partial charge in [0.15, 0.2) is 0 Å². The van der Waals surface area contributed by atoms with E-state index in [1.54, 1.807) is 17.3 Å². The second kappa shape index (κ2) is 5.10. The molecular formula is C13H18N4. The van der Waals surface area contributed by atoms with E-state index < -0.39 is 0 Å². The zero-order valence-electron chi connectivity index (χ0n) is 10.5. The number of benzene rings is 1. The normalized spacial score (nSPS) is 11.1. The lowest BCUT2D eigenvalue weighted by molar-refractivity contribution is 0.586. The molecule has 1 aromatic heterocycles. The molecule has 0 aliphatic heterocycles. The number of aromatic nitrogens is 3. The highest BCUT2D eigenvalue weighted by Crippen LogP contribution is 2.15. The molecule has 0 spiro atoms. The Hall–Kier alpha value is -1.68. The van der Waals surface area contributed by atoms with Gasteiger partial charge in [-0.1, -0.05) is 31.5 Å². The van der Waals surface area contributed by atoms with Gasteiger partial charge in [0.2, 0.25) is 0 Å². The molecule has 0 aliphatic carbocycles. The van der Waals surface area contributed by atoms with Crippen LogP contribution >= 0.6 is 0 Å². The minimum absolute atomic E-state index is 0.471. The number of hydrogen-bond acceptors (Lipinski definition) is 3. The van der Waals surface area contributed by atoms with E-state index in [-0.39, 0.29) is 0 Å². The molecule has 1 heterocycles. The summed E-state index contributed by atoms with van der Waals surface area (Å²) in [4.78, 5) is 3.99. The standard InChI is InChI=1S/C13H18N4/c1-10(2)15-7-12-6-11(3)4-5-13(12)17-9-14-8-16-17/h4-6,8-10,15H,7H2,1-3H3. The monoisotopic (exact) mass is 230 g/mol. The molecule has 17 heavy (non-hydrogen) atoms. The molecular weight excluding hydrogens is 212 g/mol. The molecule has 0 radical (unpaired) electrons. The third kappa shape index (κ3) is 2.91. The fourth-order valence-corrected chi connectivity index (χ4v) is 1.73. The van der Waals surface area contributed by atoms with Gasteiger partial charge >= 0.3 is 0 Å². The third-order valence-electron chi connectivity index (χ3n) is 2.60. The van der Waals surface area contributed by atoms with Gasteiger partial charge in [-0.05, 0) is 18.6 Å². The largest absolute Gasteiger partial charge is 0.310 e. The van der Waals surface area contributed by atoms with Gasteiger partial charge in [-0.25, -0.2) is 9.67 Å². The third-order valence-corrected chi connectivity index (χ3v) is 2.60. The van der Waals surface area contributed by atoms with Crippen molar-refractivity contribution in [2.75, 3.05) is 0 Å². The first-order chi connectivity index (χ1) is 8.16. The summed E-state index contributed by atoms with van der Waals surface area (Å²) in [5.41, 5.74) is 3.58. The van der Waals surface area contributed by atoms with Crippen LogP contribution < -0.4 is 5.32 Å². The molecule has 1 N–H and O–H groups in total. The van der Waals surface area contributed by atoms with E-state index in [9.17, 15) is 0 Å². The topological polar surface area (TPSA) is 42.7 Å². The predicted octanol–water partition coefficient (Wildman–Crippen LogP) is 2.07. The number of nitrogens with one attached hydrogen (secondary N) is 1. The van der Waals surface area contributed by atoms with Crippen LogP contribution in [0.5, 0.6) is 0 Å². The van der Waals surface area contributed by atoms with Crippen LogP contribution in [0.2, 0.25) is 0 Å². The van der Waals surface area contributed by atoms with Crippen LogP contribution in [0, 0.1) is 6.92 Å². The first kappa shape index (κ1) is 11.8. The minimum atomic E-state index is 0.471. The van der Waals surface area contributed by atoms with Crippen molar-refractivity contribution in [3.8, 4) is 5.69 Å². The zero-order valence-corrected chi connectivity index (χ0v) is 10.5. The van der Waals surface area contributed by atoms with Crippen molar-refractivity contribution in [1.82, 2.24) is 20.1 Å². The SMILES string of the molecule is Cc1ccc(-n2cncn2)c(CNC(C)C)c1. The van der Waals surface area contributed by atoms with Gasteiger partial charge < -0.3 is 5.32 Å². The van der Waals surface area contributed by atoms with Gasteiger partial charge in [0.25, 0.3) is 0 Å². The summed E-state index contributed by atoms with van der Waals surface area (Å²) in [5.74, 6) is 0. The Morgan fingerprint density at radius 2 is 2.18 bits per heavy atom. The van der Waals surface area contributed by atoms with Gasteiger partial charge in [0.1, 0.15) is 12.7 Å². The lowest BCUT2D eigenvalue weighted by Gasteiger charge is -2.13. The Morgan fingerprint density at radius 1 is 1.35 bits per heavy atom. The summed E-state index contributed by atoms with van der Waals surface area (Å²) < 4.78 is 1.80. The van der Waals surface area contributed by atoms with Crippen molar-refractivity contribution < 1.29 is 0 Å². The number of rotatable bonds is 4. The fourth-order valence-electron chi connectivity index (χ4n) is 1.73. The zero-order chi connectivity index (χ0) is 12.3. The second-order valence-electron chi connectivity index (χ2n) is 4.51. The van der Waals surface area contributed by atoms with E-state index >= 15 is 0 Å². The summed E-state index contributed by atoms with van der Waals surface area (Å²) in [6.07, 6.45) is 3.28. The lowest BCUT2D eigenvalue weighted by atomic mass is 10.1. The second-order valence-corrected chi connectivity index (χ2v) is 4.51. The maximum absolute atomic E-state index is 4.18. The van der Waals surface area contributed by atoms with E-state index in [1.165, 1.54) is 11.1 Å². The van der Waals surface area contributed by atoms with Crippen LogP contribution in [-0.4, -0.2) is 20.8 Å². The summed E-state index contributed by atoms with van der Waals surface area (Å²) >= 11 is 0. The van der Waals surface area contributed by atoms with Crippen LogP contribution in [0.25, 0.3) is 5.69 Å². The average molecular weight is 230 g/mol. The molecule has 0 atom stereocenters. The smallest absolute Gasteiger partial charge is 0.138 e. The highest BCUT2D eigenvalue weighted by molar-refractivity contribution is 5.42. The van der Waals surface area contributed by atoms with Crippen LogP contribution in [0.15, 0.2) is 30.9 Å². The first-order valence-corrected chi connectivity index (χ1v) is 5.84. The van der Waals surface area contributed by atoms with Crippen LogP contribution in [0.3, 0.4) is 0 Å². The number of nitrogens with zero attached hydrogens (tertiary/aromatic N) is 3. The molecule has 4 nitrogen and oxygen atoms in total. The van der Waals surface area contributed by atoms with E-state index in [4.69, 9.17) is 0 Å². The summed E-state index contributed by atoms with van der Waals surface area (Å²) in [6, 6.07) is 6.84. The van der Waals surface area contributed by atoms with E-state index in [0.717, 1.165) is 12.2 Å². The predicted molar refractivity (Wildman–Crippen MR) is 68.1 cm³/mol. The Bertz CT molecular complexity index is 474. The number of aryl methyl sites for hydroxylation is 1. The van der Waals surface area contributed by atoms with Crippen molar-refractivity contribution in [1.29, 1.82) is 0 Å². The van der Waals surface area contributed by atoms with Gasteiger partial charge in [0, 0.05) is 12.6 Å². The van der Waals surface area contributed by atoms with Crippen molar-refractivity contribution >= 4 is 0 Å². The minimum Gasteiger partial charge on any atom is -0.310 e. The van der Waals surface area contributed by atoms with E-state index in [1.807, 2.05) is 0 Å². The van der Waals surface area contributed by atoms with E-state index in [0.29, 0.717) is 6.04 Å². The molecule has 4 heteroatoms. The van der Waals surface area contributed by atoms with Crippen LogP contribution in [-0.2, 0) is 6.54 Å². The Labute approximate surface area is 102 Å². The van der Waals surface area contributed by atoms with Gasteiger partial charge in [-0.3, -0.25) is 0 Å². The molecule has 1 aromatic carbocycles. The van der Waals surface area contributed by atoms with Crippen LogP contribution in [0.4, 0.5) is 0 Å². The molecule has 0 unspecified atom stereocenters. The molecule has 90 valence electrons. The maximum atomic E-state index is 4.18. The highest BCUT2D eigenvalue weighted by atomic mass is 15.3. The molecule has 2 rings (SSSR count). The molecule has 0 saturated heterocycles. The Morgan fingerprint density at radius 3 is 2.82 bits per heavy atom. The van der Waals surface area contributed by atoms with Gasteiger partial charge in [-0.15, -0.1) is 0 Å². The quantitative estimate of drug-likeness (QED) is 0.874. The molecule has 0 bridgehead atoms. The summed E-state index contributed by atoms with van der Waals surface area (Å²) in [6.45, 7) is 7.23. The maximum Gasteiger partial charge on any atom is 0.138 e. The molecule has 0 aliphatic rings. The summed E-state index contributed by atoms with van der Waals surface area (Å²) in [5, 5.41) is 7.61. The van der Waals surface area contributed by atoms with Crippen molar-refractivity contribution in [3.63, 3.8) is 0 Å². The van der Waals surface area contributed by atoms with Crippen molar-refractivity contribution in [3.05, 3.63) is 42.0 Å². The molecule has 0 amide bonds.